The molecule has 1 aliphatic rings. The van der Waals surface area contributed by atoms with E-state index in [9.17, 15) is 0 Å². The molecule has 90 valence electrons. The highest BCUT2D eigenvalue weighted by Crippen LogP contribution is 2.38. The standard InChI is InChI=1S/C17H12N2/c1-2-6-12(7-3-1)16-15-10-13-8-4-5-9-14(13)17(15)19-11-18-16/h1-9,11H,10H2. The van der Waals surface area contributed by atoms with Gasteiger partial charge in [-0.05, 0) is 5.56 Å². The molecule has 0 aliphatic heterocycles. The van der Waals surface area contributed by atoms with Gasteiger partial charge in [-0.15, -0.1) is 0 Å². The Labute approximate surface area is 111 Å². The first-order valence-corrected chi connectivity index (χ1v) is 6.41. The first-order chi connectivity index (χ1) is 9.43. The van der Waals surface area contributed by atoms with Crippen LogP contribution in [0.1, 0.15) is 11.1 Å². The molecule has 0 radical (unpaired) electrons. The number of aromatic nitrogens is 2. The SMILES string of the molecule is c1ccc(-c2ncnc3c2Cc2ccccc2-3)cc1. The zero-order valence-corrected chi connectivity index (χ0v) is 10.4. The largest absolute Gasteiger partial charge is 0.236 e. The lowest BCUT2D eigenvalue weighted by Gasteiger charge is -2.06. The minimum absolute atomic E-state index is 0.927. The van der Waals surface area contributed by atoms with Crippen molar-refractivity contribution in [1.29, 1.82) is 0 Å². The topological polar surface area (TPSA) is 25.8 Å². The molecule has 3 aromatic rings. The highest BCUT2D eigenvalue weighted by molar-refractivity contribution is 5.80. The lowest BCUT2D eigenvalue weighted by Crippen LogP contribution is -1.93. The third-order valence-electron chi connectivity index (χ3n) is 3.63. The van der Waals surface area contributed by atoms with Crippen molar-refractivity contribution < 1.29 is 0 Å². The van der Waals surface area contributed by atoms with Gasteiger partial charge in [-0.25, -0.2) is 9.97 Å². The molecule has 0 atom stereocenters. The maximum atomic E-state index is 4.49. The summed E-state index contributed by atoms with van der Waals surface area (Å²) >= 11 is 0. The van der Waals surface area contributed by atoms with Crippen LogP contribution < -0.4 is 0 Å². The molecule has 0 amide bonds. The fourth-order valence-corrected chi connectivity index (χ4v) is 2.75. The number of rotatable bonds is 1. The van der Waals surface area contributed by atoms with Crippen LogP contribution in [-0.2, 0) is 6.42 Å². The molecule has 0 spiro atoms. The number of fused-ring (bicyclic) bond motifs is 3. The second-order valence-corrected chi connectivity index (χ2v) is 4.75. The van der Waals surface area contributed by atoms with Crippen LogP contribution >= 0.6 is 0 Å². The number of benzene rings is 2. The summed E-state index contributed by atoms with van der Waals surface area (Å²) in [6.45, 7) is 0. The zero-order chi connectivity index (χ0) is 12.7. The second kappa shape index (κ2) is 4.02. The van der Waals surface area contributed by atoms with Crippen molar-refractivity contribution in [3.05, 3.63) is 72.1 Å². The molecule has 1 aromatic heterocycles. The van der Waals surface area contributed by atoms with Crippen molar-refractivity contribution in [2.45, 2.75) is 6.42 Å². The predicted octanol–water partition coefficient (Wildman–Crippen LogP) is 3.71. The van der Waals surface area contributed by atoms with Gasteiger partial charge in [0.25, 0.3) is 0 Å². The maximum Gasteiger partial charge on any atom is 0.116 e. The molecule has 0 N–H and O–H groups in total. The van der Waals surface area contributed by atoms with Crippen molar-refractivity contribution in [3.8, 4) is 22.5 Å². The van der Waals surface area contributed by atoms with Gasteiger partial charge in [0.15, 0.2) is 0 Å². The monoisotopic (exact) mass is 244 g/mol. The Kier molecular flexibility index (Phi) is 2.21. The van der Waals surface area contributed by atoms with E-state index < -0.39 is 0 Å². The molecule has 2 nitrogen and oxygen atoms in total. The molecule has 0 bridgehead atoms. The average molecular weight is 244 g/mol. The van der Waals surface area contributed by atoms with E-state index in [1.54, 1.807) is 6.33 Å². The molecule has 1 aliphatic carbocycles. The quantitative estimate of drug-likeness (QED) is 0.510. The fourth-order valence-electron chi connectivity index (χ4n) is 2.75. The molecule has 2 aromatic carbocycles. The minimum atomic E-state index is 0.927. The van der Waals surface area contributed by atoms with E-state index in [2.05, 4.69) is 46.4 Å². The molecule has 4 rings (SSSR count). The zero-order valence-electron chi connectivity index (χ0n) is 10.4. The Morgan fingerprint density at radius 2 is 1.47 bits per heavy atom. The maximum absolute atomic E-state index is 4.49. The summed E-state index contributed by atoms with van der Waals surface area (Å²) in [6, 6.07) is 18.8. The van der Waals surface area contributed by atoms with Gasteiger partial charge in [-0.3, -0.25) is 0 Å². The second-order valence-electron chi connectivity index (χ2n) is 4.75. The van der Waals surface area contributed by atoms with E-state index >= 15 is 0 Å². The number of hydrogen-bond donors (Lipinski definition) is 0. The van der Waals surface area contributed by atoms with Crippen LogP contribution in [-0.4, -0.2) is 9.97 Å². The smallest absolute Gasteiger partial charge is 0.116 e. The van der Waals surface area contributed by atoms with E-state index in [-0.39, 0.29) is 0 Å². The van der Waals surface area contributed by atoms with E-state index in [1.807, 2.05) is 18.2 Å². The number of nitrogens with zero attached hydrogens (tertiary/aromatic N) is 2. The minimum Gasteiger partial charge on any atom is -0.236 e. The highest BCUT2D eigenvalue weighted by Gasteiger charge is 2.23. The van der Waals surface area contributed by atoms with Gasteiger partial charge < -0.3 is 0 Å². The summed E-state index contributed by atoms with van der Waals surface area (Å²) in [5, 5.41) is 0. The third kappa shape index (κ3) is 1.57. The highest BCUT2D eigenvalue weighted by atomic mass is 14.9. The Morgan fingerprint density at radius 3 is 2.37 bits per heavy atom. The van der Waals surface area contributed by atoms with Crippen molar-refractivity contribution in [2.24, 2.45) is 0 Å². The van der Waals surface area contributed by atoms with Crippen LogP contribution in [0.15, 0.2) is 60.9 Å². The van der Waals surface area contributed by atoms with Crippen molar-refractivity contribution >= 4 is 0 Å². The molecule has 2 heteroatoms. The molecular weight excluding hydrogens is 232 g/mol. The van der Waals surface area contributed by atoms with E-state index in [1.165, 1.54) is 16.7 Å². The van der Waals surface area contributed by atoms with Gasteiger partial charge in [-0.1, -0.05) is 54.6 Å². The van der Waals surface area contributed by atoms with Crippen LogP contribution in [0.3, 0.4) is 0 Å². The van der Waals surface area contributed by atoms with Crippen LogP contribution in [0.2, 0.25) is 0 Å². The van der Waals surface area contributed by atoms with Crippen LogP contribution in [0, 0.1) is 0 Å². The van der Waals surface area contributed by atoms with Crippen molar-refractivity contribution in [1.82, 2.24) is 9.97 Å². The first-order valence-electron chi connectivity index (χ1n) is 6.41. The van der Waals surface area contributed by atoms with Crippen molar-refractivity contribution in [3.63, 3.8) is 0 Å². The average Bonchev–Trinajstić information content (AvgIpc) is 2.87. The summed E-state index contributed by atoms with van der Waals surface area (Å²) in [7, 11) is 0. The molecular formula is C17H12N2. The Hall–Kier alpha value is -2.48. The molecule has 19 heavy (non-hydrogen) atoms. The number of hydrogen-bond acceptors (Lipinski definition) is 2. The van der Waals surface area contributed by atoms with Gasteiger partial charge >= 0.3 is 0 Å². The summed E-state index contributed by atoms with van der Waals surface area (Å²) in [5.74, 6) is 0. The van der Waals surface area contributed by atoms with Crippen LogP contribution in [0.5, 0.6) is 0 Å². The third-order valence-corrected chi connectivity index (χ3v) is 3.63. The molecule has 0 saturated heterocycles. The van der Waals surface area contributed by atoms with Gasteiger partial charge in [-0.2, -0.15) is 0 Å². The Balaban J connectivity index is 1.95. The Morgan fingerprint density at radius 1 is 0.737 bits per heavy atom. The summed E-state index contributed by atoms with van der Waals surface area (Å²) in [6.07, 6.45) is 2.60. The van der Waals surface area contributed by atoms with E-state index in [0.717, 1.165) is 23.4 Å². The predicted molar refractivity (Wildman–Crippen MR) is 75.7 cm³/mol. The summed E-state index contributed by atoms with van der Waals surface area (Å²) in [5.41, 5.74) is 7.14. The van der Waals surface area contributed by atoms with Crippen molar-refractivity contribution in [2.75, 3.05) is 0 Å². The van der Waals surface area contributed by atoms with E-state index in [4.69, 9.17) is 0 Å². The van der Waals surface area contributed by atoms with Crippen LogP contribution in [0.25, 0.3) is 22.5 Å². The summed E-state index contributed by atoms with van der Waals surface area (Å²) < 4.78 is 0. The van der Waals surface area contributed by atoms with Gasteiger partial charge in [0.2, 0.25) is 0 Å². The molecule has 1 heterocycles. The normalized spacial score (nSPS) is 12.0. The molecule has 0 fully saturated rings. The lowest BCUT2D eigenvalue weighted by atomic mass is 10.0. The first kappa shape index (κ1) is 10.4. The van der Waals surface area contributed by atoms with Crippen LogP contribution in [0.4, 0.5) is 0 Å². The van der Waals surface area contributed by atoms with Gasteiger partial charge in [0.1, 0.15) is 6.33 Å². The molecule has 0 saturated carbocycles. The molecule has 0 unspecified atom stereocenters. The Bertz CT molecular complexity index is 748. The summed E-state index contributed by atoms with van der Waals surface area (Å²) in [4.78, 5) is 8.97. The van der Waals surface area contributed by atoms with Gasteiger partial charge in [0, 0.05) is 23.1 Å². The lowest BCUT2D eigenvalue weighted by molar-refractivity contribution is 1.13. The fraction of sp³-hybridized carbons (Fsp3) is 0.0588. The van der Waals surface area contributed by atoms with Gasteiger partial charge in [0.05, 0.1) is 11.4 Å². The van der Waals surface area contributed by atoms with E-state index in [0.29, 0.717) is 0 Å².